The normalized spacial score (nSPS) is 11.1. The standard InChI is InChI=1S/C17H17NO/c1-3-18-16-7-5-4-6-15(16)12(2)17(18)13-8-10-14(19)11-9-13/h4-11,19H,3H2,1-2H3. The number of aromatic nitrogens is 1. The number of aryl methyl sites for hydroxylation is 2. The van der Waals surface area contributed by atoms with Crippen LogP contribution in [0, 0.1) is 6.92 Å². The molecular formula is C17H17NO. The topological polar surface area (TPSA) is 25.2 Å². The third-order valence-electron chi connectivity index (χ3n) is 3.68. The van der Waals surface area contributed by atoms with Crippen LogP contribution in [0.5, 0.6) is 5.75 Å². The van der Waals surface area contributed by atoms with Gasteiger partial charge in [0.1, 0.15) is 5.75 Å². The molecule has 0 saturated heterocycles. The molecule has 0 aliphatic rings. The summed E-state index contributed by atoms with van der Waals surface area (Å²) in [7, 11) is 0. The van der Waals surface area contributed by atoms with Gasteiger partial charge in [0.15, 0.2) is 0 Å². The number of hydrogen-bond donors (Lipinski definition) is 1. The largest absolute Gasteiger partial charge is 0.508 e. The molecule has 2 aromatic carbocycles. The molecule has 1 aromatic heterocycles. The van der Waals surface area contributed by atoms with E-state index in [9.17, 15) is 5.11 Å². The van der Waals surface area contributed by atoms with E-state index in [2.05, 4.69) is 42.7 Å². The first-order valence-electron chi connectivity index (χ1n) is 6.59. The van der Waals surface area contributed by atoms with E-state index in [0.717, 1.165) is 12.1 Å². The van der Waals surface area contributed by atoms with E-state index in [1.165, 1.54) is 22.2 Å². The first-order valence-corrected chi connectivity index (χ1v) is 6.59. The van der Waals surface area contributed by atoms with Gasteiger partial charge in [0.2, 0.25) is 0 Å². The maximum Gasteiger partial charge on any atom is 0.115 e. The minimum Gasteiger partial charge on any atom is -0.508 e. The van der Waals surface area contributed by atoms with Crippen molar-refractivity contribution in [2.24, 2.45) is 0 Å². The van der Waals surface area contributed by atoms with Gasteiger partial charge in [-0.15, -0.1) is 0 Å². The van der Waals surface area contributed by atoms with Gasteiger partial charge in [-0.3, -0.25) is 0 Å². The van der Waals surface area contributed by atoms with Crippen molar-refractivity contribution < 1.29 is 5.11 Å². The summed E-state index contributed by atoms with van der Waals surface area (Å²) in [6, 6.07) is 15.9. The molecule has 0 aliphatic carbocycles. The number of aromatic hydroxyl groups is 1. The van der Waals surface area contributed by atoms with Crippen molar-refractivity contribution in [2.45, 2.75) is 20.4 Å². The second-order valence-corrected chi connectivity index (χ2v) is 4.78. The average Bonchev–Trinajstić information content (AvgIpc) is 2.73. The summed E-state index contributed by atoms with van der Waals surface area (Å²) in [6.45, 7) is 5.26. The first-order chi connectivity index (χ1) is 9.22. The van der Waals surface area contributed by atoms with Crippen molar-refractivity contribution in [3.05, 3.63) is 54.1 Å². The second-order valence-electron chi connectivity index (χ2n) is 4.78. The van der Waals surface area contributed by atoms with E-state index in [0.29, 0.717) is 5.75 Å². The Morgan fingerprint density at radius 1 is 1.00 bits per heavy atom. The van der Waals surface area contributed by atoms with Crippen LogP contribution >= 0.6 is 0 Å². The van der Waals surface area contributed by atoms with Crippen LogP contribution in [0.25, 0.3) is 22.2 Å². The zero-order valence-electron chi connectivity index (χ0n) is 11.2. The number of fused-ring (bicyclic) bond motifs is 1. The van der Waals surface area contributed by atoms with Crippen LogP contribution < -0.4 is 0 Å². The summed E-state index contributed by atoms with van der Waals surface area (Å²) in [5.74, 6) is 0.306. The highest BCUT2D eigenvalue weighted by molar-refractivity contribution is 5.91. The van der Waals surface area contributed by atoms with E-state index in [4.69, 9.17) is 0 Å². The lowest BCUT2D eigenvalue weighted by Gasteiger charge is -2.09. The lowest BCUT2D eigenvalue weighted by Crippen LogP contribution is -1.97. The molecule has 0 atom stereocenters. The second kappa shape index (κ2) is 4.47. The molecule has 3 aromatic rings. The molecule has 0 fully saturated rings. The van der Waals surface area contributed by atoms with Crippen LogP contribution in [0.4, 0.5) is 0 Å². The number of phenols is 1. The highest BCUT2D eigenvalue weighted by Gasteiger charge is 2.14. The Kier molecular flexibility index (Phi) is 2.79. The number of rotatable bonds is 2. The van der Waals surface area contributed by atoms with Gasteiger partial charge in [-0.2, -0.15) is 0 Å². The van der Waals surface area contributed by atoms with Gasteiger partial charge < -0.3 is 9.67 Å². The molecule has 2 heteroatoms. The SMILES string of the molecule is CCn1c(-c2ccc(O)cc2)c(C)c2ccccc21. The van der Waals surface area contributed by atoms with Crippen molar-refractivity contribution in [3.8, 4) is 17.0 Å². The van der Waals surface area contributed by atoms with Gasteiger partial charge in [0.05, 0.1) is 5.69 Å². The van der Waals surface area contributed by atoms with Crippen LogP contribution in [-0.4, -0.2) is 9.67 Å². The van der Waals surface area contributed by atoms with Gasteiger partial charge in [-0.1, -0.05) is 18.2 Å². The van der Waals surface area contributed by atoms with E-state index in [1.54, 1.807) is 12.1 Å². The summed E-state index contributed by atoms with van der Waals surface area (Å²) in [5.41, 5.74) is 4.95. The molecule has 0 bridgehead atoms. The maximum absolute atomic E-state index is 9.43. The third-order valence-corrected chi connectivity index (χ3v) is 3.68. The fraction of sp³-hybridized carbons (Fsp3) is 0.176. The Morgan fingerprint density at radius 3 is 2.37 bits per heavy atom. The van der Waals surface area contributed by atoms with Gasteiger partial charge in [-0.05, 0) is 55.3 Å². The minimum atomic E-state index is 0.306. The molecule has 0 spiro atoms. The van der Waals surface area contributed by atoms with Crippen molar-refractivity contribution in [1.82, 2.24) is 4.57 Å². The van der Waals surface area contributed by atoms with Crippen molar-refractivity contribution in [2.75, 3.05) is 0 Å². The number of hydrogen-bond acceptors (Lipinski definition) is 1. The van der Waals surface area contributed by atoms with E-state index in [1.807, 2.05) is 12.1 Å². The average molecular weight is 251 g/mol. The van der Waals surface area contributed by atoms with Crippen molar-refractivity contribution in [1.29, 1.82) is 0 Å². The number of benzene rings is 2. The summed E-state index contributed by atoms with van der Waals surface area (Å²) in [5, 5.41) is 10.7. The molecule has 0 radical (unpaired) electrons. The minimum absolute atomic E-state index is 0.306. The highest BCUT2D eigenvalue weighted by Crippen LogP contribution is 2.33. The third kappa shape index (κ3) is 1.80. The summed E-state index contributed by atoms with van der Waals surface area (Å²) in [4.78, 5) is 0. The highest BCUT2D eigenvalue weighted by atomic mass is 16.3. The lowest BCUT2D eigenvalue weighted by molar-refractivity contribution is 0.475. The maximum atomic E-state index is 9.43. The van der Waals surface area contributed by atoms with Crippen LogP contribution in [0.3, 0.4) is 0 Å². The van der Waals surface area contributed by atoms with Crippen molar-refractivity contribution in [3.63, 3.8) is 0 Å². The Bertz CT molecular complexity index is 723. The fourth-order valence-corrected chi connectivity index (χ4v) is 2.80. The van der Waals surface area contributed by atoms with Gasteiger partial charge >= 0.3 is 0 Å². The molecule has 0 unspecified atom stereocenters. The Hall–Kier alpha value is -2.22. The molecule has 0 saturated carbocycles. The predicted octanol–water partition coefficient (Wildman–Crippen LogP) is 4.34. The molecule has 19 heavy (non-hydrogen) atoms. The zero-order chi connectivity index (χ0) is 13.4. The predicted molar refractivity (Wildman–Crippen MR) is 79.4 cm³/mol. The molecule has 96 valence electrons. The van der Waals surface area contributed by atoms with E-state index in [-0.39, 0.29) is 0 Å². The van der Waals surface area contributed by atoms with Crippen LogP contribution in [0.15, 0.2) is 48.5 Å². The quantitative estimate of drug-likeness (QED) is 0.720. The molecular weight excluding hydrogens is 234 g/mol. The van der Waals surface area contributed by atoms with Gasteiger partial charge in [-0.25, -0.2) is 0 Å². The summed E-state index contributed by atoms with van der Waals surface area (Å²) >= 11 is 0. The molecule has 1 N–H and O–H groups in total. The molecule has 2 nitrogen and oxygen atoms in total. The van der Waals surface area contributed by atoms with E-state index >= 15 is 0 Å². The molecule has 0 amide bonds. The van der Waals surface area contributed by atoms with Gasteiger partial charge in [0, 0.05) is 17.4 Å². The van der Waals surface area contributed by atoms with E-state index < -0.39 is 0 Å². The van der Waals surface area contributed by atoms with Crippen LogP contribution in [0.1, 0.15) is 12.5 Å². The number of nitrogens with zero attached hydrogens (tertiary/aromatic N) is 1. The van der Waals surface area contributed by atoms with Gasteiger partial charge in [0.25, 0.3) is 0 Å². The summed E-state index contributed by atoms with van der Waals surface area (Å²) < 4.78 is 2.33. The Labute approximate surface area is 112 Å². The van der Waals surface area contributed by atoms with Crippen LogP contribution in [0.2, 0.25) is 0 Å². The Balaban J connectivity index is 2.34. The molecule has 1 heterocycles. The first kappa shape index (κ1) is 11.8. The Morgan fingerprint density at radius 2 is 1.68 bits per heavy atom. The smallest absolute Gasteiger partial charge is 0.115 e. The van der Waals surface area contributed by atoms with Crippen LogP contribution in [-0.2, 0) is 6.54 Å². The molecule has 3 rings (SSSR count). The monoisotopic (exact) mass is 251 g/mol. The van der Waals surface area contributed by atoms with Crippen molar-refractivity contribution >= 4 is 10.9 Å². The number of phenolic OH excluding ortho intramolecular Hbond substituents is 1. The number of para-hydroxylation sites is 1. The fourth-order valence-electron chi connectivity index (χ4n) is 2.80. The lowest BCUT2D eigenvalue weighted by atomic mass is 10.1. The molecule has 0 aliphatic heterocycles. The summed E-state index contributed by atoms with van der Waals surface area (Å²) in [6.07, 6.45) is 0. The zero-order valence-corrected chi connectivity index (χ0v) is 11.2.